The summed E-state index contributed by atoms with van der Waals surface area (Å²) in [6.07, 6.45) is -0.931. The van der Waals surface area contributed by atoms with Gasteiger partial charge >= 0.3 is 10.4 Å². The summed E-state index contributed by atoms with van der Waals surface area (Å²) in [5.74, 6) is 0. The molecule has 0 saturated carbocycles. The first-order valence-corrected chi connectivity index (χ1v) is 10.1. The Labute approximate surface area is 99.0 Å². The lowest BCUT2D eigenvalue weighted by atomic mass is 10.5. The quantitative estimate of drug-likeness (QED) is 0.491. The van der Waals surface area contributed by atoms with Crippen LogP contribution in [0.4, 0.5) is 0 Å². The molecule has 0 rings (SSSR count). The predicted octanol–water partition coefficient (Wildman–Crippen LogP) is 0.298. The number of hydrogen-bond acceptors (Lipinski definition) is 7. The molecular formula is C6H15O7S2Si-. The molecule has 0 amide bonds. The first kappa shape index (κ1) is 16.2. The van der Waals surface area contributed by atoms with Crippen LogP contribution >= 0.6 is 0 Å². The van der Waals surface area contributed by atoms with E-state index in [9.17, 15) is 17.2 Å². The first-order chi connectivity index (χ1) is 7.02. The van der Waals surface area contributed by atoms with E-state index in [1.165, 1.54) is 6.92 Å². The summed E-state index contributed by atoms with van der Waals surface area (Å²) in [7, 11) is -6.39. The van der Waals surface area contributed by atoms with Gasteiger partial charge < -0.3 is 4.55 Å². The van der Waals surface area contributed by atoms with Gasteiger partial charge in [0.25, 0.3) is 0 Å². The summed E-state index contributed by atoms with van der Waals surface area (Å²) < 4.78 is 56.2. The Kier molecular flexibility index (Phi) is 6.25. The highest BCUT2D eigenvalue weighted by atomic mass is 32.3. The van der Waals surface area contributed by atoms with E-state index >= 15 is 0 Å². The maximum atomic E-state index is 11.3. The van der Waals surface area contributed by atoms with Crippen molar-refractivity contribution in [3.63, 3.8) is 0 Å². The van der Waals surface area contributed by atoms with E-state index in [2.05, 4.69) is 8.37 Å². The third-order valence-electron chi connectivity index (χ3n) is 1.03. The van der Waals surface area contributed by atoms with E-state index in [-0.39, 0.29) is 6.61 Å². The van der Waals surface area contributed by atoms with Gasteiger partial charge in [-0.1, -0.05) is 0 Å². The smallest absolute Gasteiger partial charge is 0.390 e. The average Bonchev–Trinajstić information content (AvgIpc) is 1.94. The molecule has 0 N–H and O–H groups in total. The molecule has 16 heavy (non-hydrogen) atoms. The van der Waals surface area contributed by atoms with E-state index in [1.807, 2.05) is 0 Å². The molecule has 7 nitrogen and oxygen atoms in total. The van der Waals surface area contributed by atoms with Crippen molar-refractivity contribution >= 4 is 30.1 Å². The van der Waals surface area contributed by atoms with Crippen molar-refractivity contribution in [2.45, 2.75) is 32.7 Å². The fourth-order valence-electron chi connectivity index (χ4n) is 0.706. The van der Waals surface area contributed by atoms with Crippen LogP contribution in [0.25, 0.3) is 0 Å². The van der Waals surface area contributed by atoms with Gasteiger partial charge in [-0.05, 0) is 26.6 Å². The van der Waals surface area contributed by atoms with Crippen LogP contribution < -0.4 is 0 Å². The summed E-state index contributed by atoms with van der Waals surface area (Å²) in [5.41, 5.74) is 0. The molecule has 0 heterocycles. The lowest BCUT2D eigenvalue weighted by Crippen LogP contribution is -2.32. The normalized spacial score (nSPS) is 17.1. The second-order valence-corrected chi connectivity index (χ2v) is 10.5. The molecule has 0 aromatic rings. The monoisotopic (exact) mass is 291 g/mol. The molecule has 0 aromatic carbocycles. The van der Waals surface area contributed by atoms with Gasteiger partial charge in [0.2, 0.25) is 8.32 Å². The maximum Gasteiger partial charge on any atom is 0.390 e. The first-order valence-electron chi connectivity index (χ1n) is 4.38. The minimum absolute atomic E-state index is 0.385. The van der Waals surface area contributed by atoms with E-state index in [4.69, 9.17) is 3.87 Å². The Morgan fingerprint density at radius 2 is 1.88 bits per heavy atom. The summed E-state index contributed by atoms with van der Waals surface area (Å²) >= 11 is -2.69. The van der Waals surface area contributed by atoms with Crippen molar-refractivity contribution in [2.24, 2.45) is 0 Å². The van der Waals surface area contributed by atoms with Gasteiger partial charge in [0.15, 0.2) is 0 Å². The molecule has 0 bridgehead atoms. The summed E-state index contributed by atoms with van der Waals surface area (Å²) in [5, 5.41) is 0. The summed E-state index contributed by atoms with van der Waals surface area (Å²) in [4.78, 5) is 0. The largest absolute Gasteiger partial charge is 0.750 e. The molecule has 10 heteroatoms. The van der Waals surface area contributed by atoms with Crippen LogP contribution in [0.3, 0.4) is 0 Å². The van der Waals surface area contributed by atoms with Gasteiger partial charge in [0.1, 0.15) is 6.10 Å². The summed E-state index contributed by atoms with van der Waals surface area (Å²) in [6, 6.07) is 0. The second-order valence-electron chi connectivity index (χ2n) is 4.00. The minimum Gasteiger partial charge on any atom is -0.750 e. The number of rotatable bonds is 7. The van der Waals surface area contributed by atoms with Crippen LogP contribution in [0.1, 0.15) is 6.92 Å². The topological polar surface area (TPSA) is 102 Å². The van der Waals surface area contributed by atoms with Crippen molar-refractivity contribution in [3.05, 3.63) is 0 Å². The highest BCUT2D eigenvalue weighted by Crippen LogP contribution is 2.11. The van der Waals surface area contributed by atoms with E-state index in [0.717, 1.165) is 0 Å². The van der Waals surface area contributed by atoms with Crippen molar-refractivity contribution < 1.29 is 29.4 Å². The third kappa shape index (κ3) is 9.39. The second kappa shape index (κ2) is 6.19. The van der Waals surface area contributed by atoms with Crippen LogP contribution in [0.2, 0.25) is 19.6 Å². The van der Waals surface area contributed by atoms with Crippen molar-refractivity contribution in [2.75, 3.05) is 6.61 Å². The highest BCUT2D eigenvalue weighted by molar-refractivity contribution is 7.83. The molecule has 0 aliphatic rings. The lowest BCUT2D eigenvalue weighted by Gasteiger charge is -2.19. The summed E-state index contributed by atoms with van der Waals surface area (Å²) in [6.45, 7) is 6.02. The van der Waals surface area contributed by atoms with Crippen LogP contribution in [0.5, 0.6) is 0 Å². The van der Waals surface area contributed by atoms with Crippen LogP contribution in [0, 0.1) is 0 Å². The maximum absolute atomic E-state index is 11.3. The van der Waals surface area contributed by atoms with E-state index < -0.39 is 36.2 Å². The Morgan fingerprint density at radius 3 is 2.25 bits per heavy atom. The van der Waals surface area contributed by atoms with E-state index in [1.54, 1.807) is 19.6 Å². The Balaban J connectivity index is 4.21. The predicted molar refractivity (Wildman–Crippen MR) is 58.8 cm³/mol. The van der Waals surface area contributed by atoms with Crippen molar-refractivity contribution in [1.82, 2.24) is 0 Å². The van der Waals surface area contributed by atoms with Gasteiger partial charge in [-0.15, -0.1) is 0 Å². The van der Waals surface area contributed by atoms with Gasteiger partial charge in [0, 0.05) is 0 Å². The van der Waals surface area contributed by atoms with Crippen LogP contribution in [0.15, 0.2) is 0 Å². The zero-order valence-corrected chi connectivity index (χ0v) is 12.1. The van der Waals surface area contributed by atoms with Gasteiger partial charge in [-0.25, -0.2) is 8.39 Å². The molecule has 0 aliphatic carbocycles. The van der Waals surface area contributed by atoms with Crippen LogP contribution in [-0.2, 0) is 34.0 Å². The standard InChI is InChI=1S/C6H16O7S2Si/c1-6(5-11-14(7)8)12-15(9,10)13-16(2,3)4/h6H,5H2,1-4H3,(H,7,8)/p-1. The van der Waals surface area contributed by atoms with E-state index in [0.29, 0.717) is 0 Å². The fourth-order valence-corrected chi connectivity index (χ4v) is 4.07. The molecule has 0 radical (unpaired) electrons. The Morgan fingerprint density at radius 1 is 1.38 bits per heavy atom. The molecule has 2 unspecified atom stereocenters. The molecular weight excluding hydrogens is 276 g/mol. The van der Waals surface area contributed by atoms with Crippen LogP contribution in [-0.4, -0.2) is 38.2 Å². The minimum atomic E-state index is -4.11. The molecule has 0 aromatic heterocycles. The molecule has 2 atom stereocenters. The molecule has 98 valence electrons. The molecule has 0 aliphatic heterocycles. The fraction of sp³-hybridized carbons (Fsp3) is 1.00. The van der Waals surface area contributed by atoms with Crippen molar-refractivity contribution in [3.8, 4) is 0 Å². The SMILES string of the molecule is CC(COS(=O)[O-])OS(=O)(=O)O[Si](C)(C)C. The highest BCUT2D eigenvalue weighted by Gasteiger charge is 2.26. The number of hydrogen-bond donors (Lipinski definition) is 0. The van der Waals surface area contributed by atoms with Gasteiger partial charge in [-0.2, -0.15) is 8.42 Å². The molecule has 0 saturated heterocycles. The molecule has 0 spiro atoms. The molecule has 0 fully saturated rings. The third-order valence-corrected chi connectivity index (χ3v) is 4.74. The zero-order chi connectivity index (χ0) is 13.0. The zero-order valence-electron chi connectivity index (χ0n) is 9.46. The Hall–Kier alpha value is 0.157. The van der Waals surface area contributed by atoms with Gasteiger partial charge in [0.05, 0.1) is 18.0 Å². The lowest BCUT2D eigenvalue weighted by molar-refractivity contribution is 0.135. The van der Waals surface area contributed by atoms with Gasteiger partial charge in [-0.3, -0.25) is 8.06 Å². The van der Waals surface area contributed by atoms with Crippen molar-refractivity contribution in [1.29, 1.82) is 0 Å². The Bertz CT molecular complexity index is 333. The average molecular weight is 291 g/mol.